The molecule has 0 bridgehead atoms. The fourth-order valence-corrected chi connectivity index (χ4v) is 1.96. The fourth-order valence-electron chi connectivity index (χ4n) is 1.96. The maximum atomic E-state index is 13.8. The van der Waals surface area contributed by atoms with E-state index in [1.807, 2.05) is 0 Å². The number of nitrogens with one attached hydrogen (secondary N) is 1. The van der Waals surface area contributed by atoms with Gasteiger partial charge in [-0.3, -0.25) is 0 Å². The molecule has 0 aliphatic rings. The van der Waals surface area contributed by atoms with E-state index in [1.54, 1.807) is 24.3 Å². The Labute approximate surface area is 115 Å². The number of halogens is 2. The van der Waals surface area contributed by atoms with Crippen molar-refractivity contribution in [3.63, 3.8) is 0 Å². The molecule has 0 saturated heterocycles. The first-order valence-electron chi connectivity index (χ1n) is 6.11. The fraction of sp³-hybridized carbons (Fsp3) is 0.200. The van der Waals surface area contributed by atoms with E-state index in [0.717, 1.165) is 12.1 Å². The second-order valence-corrected chi connectivity index (χ2v) is 4.25. The van der Waals surface area contributed by atoms with Crippen molar-refractivity contribution in [1.29, 1.82) is 0 Å². The predicted octanol–water partition coefficient (Wildman–Crippen LogP) is 3.12. The molecule has 0 aliphatic heterocycles. The van der Waals surface area contributed by atoms with Gasteiger partial charge in [-0.25, -0.2) is 8.78 Å². The molecule has 2 aromatic rings. The van der Waals surface area contributed by atoms with Crippen molar-refractivity contribution in [2.75, 3.05) is 19.0 Å². The number of hydrogen-bond donors (Lipinski definition) is 2. The van der Waals surface area contributed by atoms with Gasteiger partial charge < -0.3 is 15.2 Å². The number of aliphatic hydroxyl groups excluding tert-OH is 1. The first kappa shape index (κ1) is 14.3. The molecule has 1 atom stereocenters. The van der Waals surface area contributed by atoms with Gasteiger partial charge in [0.2, 0.25) is 0 Å². The SMILES string of the molecule is COc1ccccc1NC(CO)c1ccc(F)cc1F. The molecule has 106 valence electrons. The van der Waals surface area contributed by atoms with Crippen LogP contribution in [-0.2, 0) is 0 Å². The van der Waals surface area contributed by atoms with Crippen LogP contribution in [0, 0.1) is 11.6 Å². The molecular weight excluding hydrogens is 264 g/mol. The predicted molar refractivity (Wildman–Crippen MR) is 72.8 cm³/mol. The topological polar surface area (TPSA) is 41.5 Å². The second kappa shape index (κ2) is 6.34. The quantitative estimate of drug-likeness (QED) is 0.883. The number of aliphatic hydroxyl groups is 1. The van der Waals surface area contributed by atoms with Gasteiger partial charge in [-0.1, -0.05) is 18.2 Å². The van der Waals surface area contributed by atoms with Crippen molar-refractivity contribution in [3.8, 4) is 5.75 Å². The largest absolute Gasteiger partial charge is 0.495 e. The van der Waals surface area contributed by atoms with E-state index >= 15 is 0 Å². The van der Waals surface area contributed by atoms with E-state index in [2.05, 4.69) is 5.32 Å². The van der Waals surface area contributed by atoms with Gasteiger partial charge in [0.05, 0.1) is 25.4 Å². The van der Waals surface area contributed by atoms with Crippen LogP contribution in [0.5, 0.6) is 5.75 Å². The molecule has 0 saturated carbocycles. The minimum absolute atomic E-state index is 0.194. The molecular formula is C15H15F2NO2. The average molecular weight is 279 g/mol. The van der Waals surface area contributed by atoms with E-state index < -0.39 is 17.7 Å². The lowest BCUT2D eigenvalue weighted by atomic mass is 10.1. The van der Waals surface area contributed by atoms with Gasteiger partial charge in [-0.15, -0.1) is 0 Å². The Morgan fingerprint density at radius 3 is 2.60 bits per heavy atom. The van der Waals surface area contributed by atoms with Crippen LogP contribution in [0.1, 0.15) is 11.6 Å². The van der Waals surface area contributed by atoms with Crippen molar-refractivity contribution in [2.24, 2.45) is 0 Å². The van der Waals surface area contributed by atoms with Gasteiger partial charge in [-0.2, -0.15) is 0 Å². The molecule has 3 nitrogen and oxygen atoms in total. The summed E-state index contributed by atoms with van der Waals surface area (Å²) in [5.41, 5.74) is 0.817. The maximum absolute atomic E-state index is 13.8. The second-order valence-electron chi connectivity index (χ2n) is 4.25. The standard InChI is InChI=1S/C15H15F2NO2/c1-20-15-5-3-2-4-13(15)18-14(9-19)11-7-6-10(16)8-12(11)17/h2-8,14,18-19H,9H2,1H3. The molecule has 5 heteroatoms. The smallest absolute Gasteiger partial charge is 0.141 e. The molecule has 2 N–H and O–H groups in total. The summed E-state index contributed by atoms with van der Waals surface area (Å²) in [4.78, 5) is 0. The summed E-state index contributed by atoms with van der Waals surface area (Å²) in [5, 5.41) is 12.4. The van der Waals surface area contributed by atoms with Crippen LogP contribution in [0.3, 0.4) is 0 Å². The number of para-hydroxylation sites is 2. The van der Waals surface area contributed by atoms with Crippen LogP contribution in [-0.4, -0.2) is 18.8 Å². The number of benzene rings is 2. The molecule has 0 radical (unpaired) electrons. The minimum atomic E-state index is -0.702. The molecule has 1 unspecified atom stereocenters. The molecule has 0 heterocycles. The van der Waals surface area contributed by atoms with Gasteiger partial charge in [0, 0.05) is 11.6 Å². The third kappa shape index (κ3) is 3.05. The Hall–Kier alpha value is -2.14. The highest BCUT2D eigenvalue weighted by molar-refractivity contribution is 5.57. The number of hydrogen-bond acceptors (Lipinski definition) is 3. The van der Waals surface area contributed by atoms with E-state index in [9.17, 15) is 13.9 Å². The molecule has 0 spiro atoms. The van der Waals surface area contributed by atoms with Gasteiger partial charge in [0.15, 0.2) is 0 Å². The maximum Gasteiger partial charge on any atom is 0.141 e. The van der Waals surface area contributed by atoms with Crippen LogP contribution in [0.15, 0.2) is 42.5 Å². The monoisotopic (exact) mass is 279 g/mol. The summed E-state index contributed by atoms with van der Waals surface area (Å²) < 4.78 is 31.8. The average Bonchev–Trinajstić information content (AvgIpc) is 2.46. The number of ether oxygens (including phenoxy) is 1. The lowest BCUT2D eigenvalue weighted by molar-refractivity contribution is 0.273. The van der Waals surface area contributed by atoms with E-state index in [-0.39, 0.29) is 12.2 Å². The normalized spacial score (nSPS) is 12.0. The van der Waals surface area contributed by atoms with Crippen LogP contribution in [0.25, 0.3) is 0 Å². The van der Waals surface area contributed by atoms with Crippen molar-refractivity contribution in [3.05, 3.63) is 59.7 Å². The zero-order chi connectivity index (χ0) is 14.5. The molecule has 2 aromatic carbocycles. The molecule has 0 aliphatic carbocycles. The van der Waals surface area contributed by atoms with Crippen molar-refractivity contribution in [2.45, 2.75) is 6.04 Å². The third-order valence-electron chi connectivity index (χ3n) is 2.96. The summed E-state index contributed by atoms with van der Waals surface area (Å²) in [7, 11) is 1.52. The van der Waals surface area contributed by atoms with Gasteiger partial charge in [-0.05, 0) is 18.2 Å². The Balaban J connectivity index is 2.29. The van der Waals surface area contributed by atoms with Crippen molar-refractivity contribution in [1.82, 2.24) is 0 Å². The van der Waals surface area contributed by atoms with E-state index in [4.69, 9.17) is 4.74 Å². The minimum Gasteiger partial charge on any atom is -0.495 e. The number of methoxy groups -OCH3 is 1. The van der Waals surface area contributed by atoms with E-state index in [0.29, 0.717) is 11.4 Å². The van der Waals surface area contributed by atoms with E-state index in [1.165, 1.54) is 13.2 Å². The summed E-state index contributed by atoms with van der Waals surface area (Å²) in [5.74, 6) is -0.778. The first-order valence-corrected chi connectivity index (χ1v) is 6.11. The lowest BCUT2D eigenvalue weighted by Crippen LogP contribution is -2.17. The number of rotatable bonds is 5. The highest BCUT2D eigenvalue weighted by Crippen LogP contribution is 2.28. The summed E-state index contributed by atoms with van der Waals surface area (Å²) in [6, 6.07) is 9.67. The molecule has 2 rings (SSSR count). The zero-order valence-electron chi connectivity index (χ0n) is 10.9. The first-order chi connectivity index (χ1) is 9.65. The van der Waals surface area contributed by atoms with Crippen LogP contribution in [0.2, 0.25) is 0 Å². The Morgan fingerprint density at radius 1 is 1.20 bits per heavy atom. The molecule has 0 aromatic heterocycles. The Bertz CT molecular complexity index is 590. The Morgan fingerprint density at radius 2 is 1.95 bits per heavy atom. The van der Waals surface area contributed by atoms with Crippen molar-refractivity contribution < 1.29 is 18.6 Å². The van der Waals surface area contributed by atoms with Crippen LogP contribution >= 0.6 is 0 Å². The number of anilines is 1. The van der Waals surface area contributed by atoms with Crippen LogP contribution < -0.4 is 10.1 Å². The summed E-state index contributed by atoms with van der Waals surface area (Å²) in [6.45, 7) is -0.333. The van der Waals surface area contributed by atoms with Gasteiger partial charge in [0.25, 0.3) is 0 Å². The van der Waals surface area contributed by atoms with Gasteiger partial charge >= 0.3 is 0 Å². The highest BCUT2D eigenvalue weighted by atomic mass is 19.1. The summed E-state index contributed by atoms with van der Waals surface area (Å²) in [6.07, 6.45) is 0. The zero-order valence-corrected chi connectivity index (χ0v) is 10.9. The summed E-state index contributed by atoms with van der Waals surface area (Å²) >= 11 is 0. The van der Waals surface area contributed by atoms with Crippen molar-refractivity contribution >= 4 is 5.69 Å². The molecule has 0 fully saturated rings. The molecule has 20 heavy (non-hydrogen) atoms. The highest BCUT2D eigenvalue weighted by Gasteiger charge is 2.16. The lowest BCUT2D eigenvalue weighted by Gasteiger charge is -2.20. The molecule has 0 amide bonds. The van der Waals surface area contributed by atoms with Gasteiger partial charge in [0.1, 0.15) is 17.4 Å². The Kier molecular flexibility index (Phi) is 4.53. The van der Waals surface area contributed by atoms with Crippen LogP contribution in [0.4, 0.5) is 14.5 Å². The third-order valence-corrected chi connectivity index (χ3v) is 2.96.